The van der Waals surface area contributed by atoms with E-state index in [2.05, 4.69) is 64.0 Å². The number of hydrogen-bond acceptors (Lipinski definition) is 5. The molecule has 29 heavy (non-hydrogen) atoms. The van der Waals surface area contributed by atoms with E-state index in [0.29, 0.717) is 12.1 Å². The molecular weight excluding hydrogens is 360 g/mol. The first-order chi connectivity index (χ1) is 14.2. The number of piperazine rings is 1. The summed E-state index contributed by atoms with van der Waals surface area (Å²) in [4.78, 5) is 14.9. The van der Waals surface area contributed by atoms with Gasteiger partial charge in [0, 0.05) is 38.6 Å². The fourth-order valence-corrected chi connectivity index (χ4v) is 5.05. The highest BCUT2D eigenvalue weighted by Crippen LogP contribution is 2.43. The van der Waals surface area contributed by atoms with Gasteiger partial charge in [-0.3, -0.25) is 14.3 Å². The second-order valence-electron chi connectivity index (χ2n) is 8.32. The molecule has 0 spiro atoms. The summed E-state index contributed by atoms with van der Waals surface area (Å²) < 4.78 is 2.28. The van der Waals surface area contributed by atoms with Gasteiger partial charge >= 0.3 is 0 Å². The average Bonchev–Trinajstić information content (AvgIpc) is 3.14. The van der Waals surface area contributed by atoms with Crippen molar-refractivity contribution < 1.29 is 0 Å². The highest BCUT2D eigenvalue weighted by atomic mass is 15.3. The molecule has 1 N–H and O–H groups in total. The first kappa shape index (κ1) is 18.6. The first-order valence-electron chi connectivity index (χ1n) is 10.8. The van der Waals surface area contributed by atoms with E-state index in [1.54, 1.807) is 0 Å². The zero-order valence-electron chi connectivity index (χ0n) is 17.4. The number of aromatic nitrogens is 3. The Hall–Kier alpha value is -2.44. The van der Waals surface area contributed by atoms with Crippen molar-refractivity contribution in [1.82, 2.24) is 24.6 Å². The molecular formula is C23H30N6. The third-order valence-electron chi connectivity index (χ3n) is 6.57. The number of imidazole rings is 1. The number of pyridine rings is 2. The van der Waals surface area contributed by atoms with Crippen LogP contribution >= 0.6 is 0 Å². The Balaban J connectivity index is 1.57. The van der Waals surface area contributed by atoms with Gasteiger partial charge in [-0.1, -0.05) is 12.1 Å². The van der Waals surface area contributed by atoms with Crippen LogP contribution < -0.4 is 10.2 Å². The maximum Gasteiger partial charge on any atom is 0.138 e. The molecule has 2 atom stereocenters. The normalized spacial score (nSPS) is 23.6. The molecule has 2 aliphatic rings. The van der Waals surface area contributed by atoms with Crippen LogP contribution in [0.1, 0.15) is 48.3 Å². The van der Waals surface area contributed by atoms with Gasteiger partial charge in [0.1, 0.15) is 17.2 Å². The molecule has 2 saturated heterocycles. The highest BCUT2D eigenvalue weighted by molar-refractivity contribution is 5.58. The van der Waals surface area contributed by atoms with Gasteiger partial charge in [0.25, 0.3) is 0 Å². The van der Waals surface area contributed by atoms with Crippen molar-refractivity contribution in [2.24, 2.45) is 0 Å². The standard InChI is InChI=1S/C23H30N6/c1-17-7-6-11-25-21(17)18-8-5-9-19(27(18)2)22-23(28-15-12-24-13-16-28)29-14-4-3-10-20(29)26-22/h3-4,6-7,10-11,14,18-19,24H,5,8-9,12-13,15-16H2,1-2H3. The summed E-state index contributed by atoms with van der Waals surface area (Å²) in [7, 11) is 2.26. The van der Waals surface area contributed by atoms with E-state index in [1.165, 1.54) is 29.2 Å². The topological polar surface area (TPSA) is 48.7 Å². The van der Waals surface area contributed by atoms with Crippen molar-refractivity contribution in [2.45, 2.75) is 38.3 Å². The van der Waals surface area contributed by atoms with E-state index in [4.69, 9.17) is 9.97 Å². The van der Waals surface area contributed by atoms with Gasteiger partial charge in [-0.15, -0.1) is 0 Å². The van der Waals surface area contributed by atoms with Crippen LogP contribution in [-0.4, -0.2) is 52.5 Å². The van der Waals surface area contributed by atoms with Crippen LogP contribution in [0.2, 0.25) is 0 Å². The van der Waals surface area contributed by atoms with Crippen molar-refractivity contribution >= 4 is 11.5 Å². The quantitative estimate of drug-likeness (QED) is 0.743. The van der Waals surface area contributed by atoms with Gasteiger partial charge in [0.2, 0.25) is 0 Å². The summed E-state index contributed by atoms with van der Waals surface area (Å²) in [6, 6.07) is 11.2. The number of rotatable bonds is 3. The van der Waals surface area contributed by atoms with E-state index in [9.17, 15) is 0 Å². The van der Waals surface area contributed by atoms with Crippen molar-refractivity contribution in [3.05, 3.63) is 59.7 Å². The Morgan fingerprint density at radius 3 is 2.59 bits per heavy atom. The second kappa shape index (κ2) is 7.76. The van der Waals surface area contributed by atoms with Gasteiger partial charge < -0.3 is 10.2 Å². The lowest BCUT2D eigenvalue weighted by molar-refractivity contribution is 0.109. The number of hydrogen-bond donors (Lipinski definition) is 1. The molecule has 0 aromatic carbocycles. The Morgan fingerprint density at radius 2 is 1.79 bits per heavy atom. The summed E-state index contributed by atoms with van der Waals surface area (Å²) in [6.45, 7) is 6.27. The van der Waals surface area contributed by atoms with Crippen molar-refractivity contribution in [3.63, 3.8) is 0 Å². The van der Waals surface area contributed by atoms with Gasteiger partial charge in [-0.2, -0.15) is 0 Å². The monoisotopic (exact) mass is 390 g/mol. The lowest BCUT2D eigenvalue weighted by Crippen LogP contribution is -2.45. The third kappa shape index (κ3) is 3.30. The largest absolute Gasteiger partial charge is 0.354 e. The molecule has 6 heteroatoms. The maximum absolute atomic E-state index is 5.15. The van der Waals surface area contributed by atoms with Crippen molar-refractivity contribution in [3.8, 4) is 0 Å². The average molecular weight is 391 g/mol. The summed E-state index contributed by atoms with van der Waals surface area (Å²) in [5, 5.41) is 3.48. The summed E-state index contributed by atoms with van der Waals surface area (Å²) in [5.41, 5.74) is 4.76. The smallest absolute Gasteiger partial charge is 0.138 e. The number of piperidine rings is 1. The molecule has 2 aliphatic heterocycles. The minimum atomic E-state index is 0.306. The van der Waals surface area contributed by atoms with Crippen molar-refractivity contribution in [2.75, 3.05) is 38.1 Å². The van der Waals surface area contributed by atoms with E-state index in [-0.39, 0.29) is 0 Å². The Labute approximate surface area is 172 Å². The molecule has 6 nitrogen and oxygen atoms in total. The van der Waals surface area contributed by atoms with Crippen LogP contribution in [0.25, 0.3) is 5.65 Å². The molecule has 0 saturated carbocycles. The first-order valence-corrected chi connectivity index (χ1v) is 10.8. The molecule has 0 aliphatic carbocycles. The number of likely N-dealkylation sites (tertiary alicyclic amines) is 1. The molecule has 3 aromatic heterocycles. The molecule has 2 fully saturated rings. The molecule has 5 rings (SSSR count). The molecule has 0 bridgehead atoms. The molecule has 0 radical (unpaired) electrons. The number of aryl methyl sites for hydroxylation is 1. The third-order valence-corrected chi connectivity index (χ3v) is 6.57. The Morgan fingerprint density at radius 1 is 1.00 bits per heavy atom. The molecule has 152 valence electrons. The molecule has 2 unspecified atom stereocenters. The second-order valence-corrected chi connectivity index (χ2v) is 8.32. The Kier molecular flexibility index (Phi) is 4.97. The highest BCUT2D eigenvalue weighted by Gasteiger charge is 2.35. The number of nitrogens with zero attached hydrogens (tertiary/aromatic N) is 5. The SMILES string of the molecule is Cc1cccnc1C1CCCC(c2nc3ccccn3c2N2CCNCC2)N1C. The van der Waals surface area contributed by atoms with Gasteiger partial charge in [-0.25, -0.2) is 4.98 Å². The van der Waals surface area contributed by atoms with Gasteiger partial charge in [-0.05, 0) is 57.0 Å². The molecule has 0 amide bonds. The van der Waals surface area contributed by atoms with Crippen molar-refractivity contribution in [1.29, 1.82) is 0 Å². The van der Waals surface area contributed by atoms with Crippen LogP contribution in [0.4, 0.5) is 5.82 Å². The van der Waals surface area contributed by atoms with E-state index in [0.717, 1.165) is 44.7 Å². The predicted octanol–water partition coefficient (Wildman–Crippen LogP) is 3.35. The minimum Gasteiger partial charge on any atom is -0.354 e. The van der Waals surface area contributed by atoms with Crippen LogP contribution in [0.15, 0.2) is 42.7 Å². The molecule has 3 aromatic rings. The summed E-state index contributed by atoms with van der Waals surface area (Å²) in [5.74, 6) is 1.28. The number of fused-ring (bicyclic) bond motifs is 1. The van der Waals surface area contributed by atoms with Gasteiger partial charge in [0.15, 0.2) is 0 Å². The van der Waals surface area contributed by atoms with Crippen LogP contribution in [0, 0.1) is 6.92 Å². The number of nitrogens with one attached hydrogen (secondary N) is 1. The van der Waals surface area contributed by atoms with E-state index >= 15 is 0 Å². The summed E-state index contributed by atoms with van der Waals surface area (Å²) in [6.07, 6.45) is 7.58. The van der Waals surface area contributed by atoms with Crippen LogP contribution in [0.5, 0.6) is 0 Å². The van der Waals surface area contributed by atoms with E-state index < -0.39 is 0 Å². The fraction of sp³-hybridized carbons (Fsp3) is 0.478. The molecule has 5 heterocycles. The number of anilines is 1. The Bertz CT molecular complexity index is 990. The van der Waals surface area contributed by atoms with Crippen LogP contribution in [0.3, 0.4) is 0 Å². The zero-order chi connectivity index (χ0) is 19.8. The van der Waals surface area contributed by atoms with E-state index in [1.807, 2.05) is 12.3 Å². The van der Waals surface area contributed by atoms with Crippen LogP contribution in [-0.2, 0) is 0 Å². The lowest BCUT2D eigenvalue weighted by Gasteiger charge is -2.40. The maximum atomic E-state index is 5.15. The predicted molar refractivity (Wildman–Crippen MR) is 116 cm³/mol. The zero-order valence-corrected chi connectivity index (χ0v) is 17.4. The lowest BCUT2D eigenvalue weighted by atomic mass is 9.90. The van der Waals surface area contributed by atoms with Gasteiger partial charge in [0.05, 0.1) is 17.8 Å². The fourth-order valence-electron chi connectivity index (χ4n) is 5.05. The summed E-state index contributed by atoms with van der Waals surface area (Å²) >= 11 is 0. The minimum absolute atomic E-state index is 0.306.